The molecule has 0 aliphatic carbocycles. The molecule has 0 aliphatic rings. The largest absolute Gasteiger partial charge is 0.507 e. The highest BCUT2D eigenvalue weighted by molar-refractivity contribution is 6.11. The van der Waals surface area contributed by atoms with Crippen molar-refractivity contribution in [1.82, 2.24) is 10.2 Å². The van der Waals surface area contributed by atoms with E-state index in [0.29, 0.717) is 17.2 Å². The van der Waals surface area contributed by atoms with Gasteiger partial charge in [-0.2, -0.15) is 5.10 Å². The van der Waals surface area contributed by atoms with E-state index in [1.54, 1.807) is 6.20 Å². The summed E-state index contributed by atoms with van der Waals surface area (Å²) in [6.07, 6.45) is 1.75. The lowest BCUT2D eigenvalue weighted by atomic mass is 9.78. The number of phenolic OH excluding ortho intramolecular Hbond substituents is 1. The zero-order valence-electron chi connectivity index (χ0n) is 15.6. The molecule has 0 fully saturated rings. The number of H-pyrrole nitrogens is 1. The number of benzene rings is 1. The van der Waals surface area contributed by atoms with Gasteiger partial charge in [0.2, 0.25) is 0 Å². The molecule has 0 atom stereocenters. The maximum Gasteiger partial charge on any atom is 0.137 e. The van der Waals surface area contributed by atoms with Gasteiger partial charge in [-0.3, -0.25) is 5.10 Å². The number of nitrogens with zero attached hydrogens (tertiary/aromatic N) is 2. The van der Waals surface area contributed by atoms with Gasteiger partial charge in [-0.1, -0.05) is 46.7 Å². The van der Waals surface area contributed by atoms with Crippen molar-refractivity contribution in [2.24, 2.45) is 5.16 Å². The van der Waals surface area contributed by atoms with Gasteiger partial charge in [0, 0.05) is 22.9 Å². The molecule has 0 radical (unpaired) electrons. The lowest BCUT2D eigenvalue weighted by Crippen LogP contribution is -2.19. The predicted molar refractivity (Wildman–Crippen MR) is 96.7 cm³/mol. The average Bonchev–Trinajstić information content (AvgIpc) is 2.96. The van der Waals surface area contributed by atoms with Crippen LogP contribution in [-0.2, 0) is 15.7 Å². The highest BCUT2D eigenvalue weighted by atomic mass is 16.6. The van der Waals surface area contributed by atoms with Gasteiger partial charge in [0.25, 0.3) is 0 Å². The molecule has 0 unspecified atom stereocenters. The van der Waals surface area contributed by atoms with Crippen molar-refractivity contribution in [3.05, 3.63) is 46.8 Å². The summed E-state index contributed by atoms with van der Waals surface area (Å²) in [6.45, 7) is 12.5. The third-order valence-electron chi connectivity index (χ3n) is 3.93. The Morgan fingerprint density at radius 1 is 1.08 bits per heavy atom. The van der Waals surface area contributed by atoms with Gasteiger partial charge in [-0.15, -0.1) is 0 Å². The molecule has 2 N–H and O–H groups in total. The summed E-state index contributed by atoms with van der Waals surface area (Å²) >= 11 is 0. The van der Waals surface area contributed by atoms with Crippen LogP contribution in [-0.4, -0.2) is 28.1 Å². The van der Waals surface area contributed by atoms with Gasteiger partial charge in [0.1, 0.15) is 24.3 Å². The number of nitrogens with one attached hydrogen (secondary N) is 1. The lowest BCUT2D eigenvalue weighted by Gasteiger charge is -2.28. The molecule has 0 saturated carbocycles. The first-order chi connectivity index (χ1) is 11.1. The summed E-state index contributed by atoms with van der Waals surface area (Å²) in [6, 6.07) is 5.78. The van der Waals surface area contributed by atoms with Crippen LogP contribution in [0.4, 0.5) is 0 Å². The number of aromatic nitrogens is 2. The minimum Gasteiger partial charge on any atom is -0.507 e. The SMILES string of the molecule is CON=C(c1cc(C(C)(C)C)c(O)c(C(C)(C)C)c1)c1cc[nH]n1. The van der Waals surface area contributed by atoms with Crippen LogP contribution >= 0.6 is 0 Å². The minimum absolute atomic E-state index is 0.205. The fourth-order valence-electron chi connectivity index (χ4n) is 2.65. The van der Waals surface area contributed by atoms with E-state index in [-0.39, 0.29) is 10.8 Å². The van der Waals surface area contributed by atoms with E-state index in [9.17, 15) is 5.11 Å². The molecule has 0 aliphatic heterocycles. The third-order valence-corrected chi connectivity index (χ3v) is 3.93. The zero-order valence-corrected chi connectivity index (χ0v) is 15.6. The zero-order chi connectivity index (χ0) is 18.1. The second-order valence-electron chi connectivity index (χ2n) is 8.00. The quantitative estimate of drug-likeness (QED) is 0.657. The van der Waals surface area contributed by atoms with E-state index in [1.165, 1.54) is 7.11 Å². The summed E-state index contributed by atoms with van der Waals surface area (Å²) in [4.78, 5) is 5.03. The van der Waals surface area contributed by atoms with Crippen molar-refractivity contribution >= 4 is 5.71 Å². The summed E-state index contributed by atoms with van der Waals surface area (Å²) < 4.78 is 0. The molecule has 5 nitrogen and oxygen atoms in total. The van der Waals surface area contributed by atoms with Crippen LogP contribution in [0.2, 0.25) is 0 Å². The Morgan fingerprint density at radius 3 is 2.00 bits per heavy atom. The number of hydrogen-bond donors (Lipinski definition) is 2. The van der Waals surface area contributed by atoms with Crippen LogP contribution in [0.25, 0.3) is 0 Å². The standard InChI is InChI=1S/C19H27N3O2/c1-18(2,3)13-10-12(11-14(17(13)23)19(4,5)6)16(22-24-7)15-8-9-20-21-15/h8-11,23H,1-7H3,(H,20,21). The Morgan fingerprint density at radius 2 is 1.62 bits per heavy atom. The van der Waals surface area contributed by atoms with Crippen LogP contribution in [0.3, 0.4) is 0 Å². The number of phenols is 1. The first-order valence-electron chi connectivity index (χ1n) is 8.05. The van der Waals surface area contributed by atoms with Gasteiger partial charge >= 0.3 is 0 Å². The predicted octanol–water partition coefficient (Wildman–Crippen LogP) is 4.11. The second-order valence-corrected chi connectivity index (χ2v) is 8.00. The molecule has 130 valence electrons. The molecule has 24 heavy (non-hydrogen) atoms. The average molecular weight is 329 g/mol. The summed E-state index contributed by atoms with van der Waals surface area (Å²) in [7, 11) is 1.52. The van der Waals surface area contributed by atoms with Gasteiger partial charge in [0.15, 0.2) is 0 Å². The van der Waals surface area contributed by atoms with E-state index in [4.69, 9.17) is 4.84 Å². The molecule has 2 rings (SSSR count). The summed E-state index contributed by atoms with van der Waals surface area (Å²) in [5, 5.41) is 22.0. The van der Waals surface area contributed by atoms with Crippen LogP contribution in [0, 0.1) is 0 Å². The molecular formula is C19H27N3O2. The fraction of sp³-hybridized carbons (Fsp3) is 0.474. The number of hydrogen-bond acceptors (Lipinski definition) is 4. The van der Waals surface area contributed by atoms with E-state index in [1.807, 2.05) is 18.2 Å². The Bertz CT molecular complexity index is 698. The monoisotopic (exact) mass is 329 g/mol. The van der Waals surface area contributed by atoms with Crippen molar-refractivity contribution in [1.29, 1.82) is 0 Å². The smallest absolute Gasteiger partial charge is 0.137 e. The highest BCUT2D eigenvalue weighted by Crippen LogP contribution is 2.40. The van der Waals surface area contributed by atoms with Crippen LogP contribution in [0.5, 0.6) is 5.75 Å². The normalized spacial score (nSPS) is 13.2. The Kier molecular flexibility index (Phi) is 4.74. The number of aromatic hydroxyl groups is 1. The molecule has 2 aromatic rings. The topological polar surface area (TPSA) is 70.5 Å². The molecule has 0 bridgehead atoms. The van der Waals surface area contributed by atoms with E-state index >= 15 is 0 Å². The second kappa shape index (κ2) is 6.30. The van der Waals surface area contributed by atoms with Crippen molar-refractivity contribution in [2.45, 2.75) is 52.4 Å². The Balaban J connectivity index is 2.77. The summed E-state index contributed by atoms with van der Waals surface area (Å²) in [5.74, 6) is 0.345. The fourth-order valence-corrected chi connectivity index (χ4v) is 2.65. The maximum atomic E-state index is 10.8. The first kappa shape index (κ1) is 18.0. The van der Waals surface area contributed by atoms with Crippen molar-refractivity contribution in [3.63, 3.8) is 0 Å². The molecule has 5 heteroatoms. The van der Waals surface area contributed by atoms with Gasteiger partial charge in [0.05, 0.1) is 0 Å². The molecule has 0 amide bonds. The van der Waals surface area contributed by atoms with E-state index in [2.05, 4.69) is 56.9 Å². The summed E-state index contributed by atoms with van der Waals surface area (Å²) in [5.41, 5.74) is 3.55. The van der Waals surface area contributed by atoms with Crippen LogP contribution < -0.4 is 0 Å². The number of rotatable bonds is 3. The molecule has 0 spiro atoms. The Hall–Kier alpha value is -2.30. The molecule has 1 aromatic carbocycles. The number of aromatic amines is 1. The number of oxime groups is 1. The lowest BCUT2D eigenvalue weighted by molar-refractivity contribution is 0.214. The van der Waals surface area contributed by atoms with Gasteiger partial charge in [-0.25, -0.2) is 0 Å². The maximum absolute atomic E-state index is 10.8. The minimum atomic E-state index is -0.205. The van der Waals surface area contributed by atoms with Crippen LogP contribution in [0.15, 0.2) is 29.6 Å². The van der Waals surface area contributed by atoms with Crippen molar-refractivity contribution in [2.75, 3.05) is 7.11 Å². The van der Waals surface area contributed by atoms with Crippen molar-refractivity contribution in [3.8, 4) is 5.75 Å². The highest BCUT2D eigenvalue weighted by Gasteiger charge is 2.28. The van der Waals surface area contributed by atoms with Gasteiger partial charge in [-0.05, 0) is 29.0 Å². The molecule has 0 saturated heterocycles. The van der Waals surface area contributed by atoms with Gasteiger partial charge < -0.3 is 9.94 Å². The van der Waals surface area contributed by atoms with Crippen LogP contribution in [0.1, 0.15) is 63.9 Å². The Labute approximate surface area is 143 Å². The third kappa shape index (κ3) is 3.61. The van der Waals surface area contributed by atoms with E-state index < -0.39 is 0 Å². The molecule has 1 heterocycles. The van der Waals surface area contributed by atoms with E-state index in [0.717, 1.165) is 16.7 Å². The molecule has 1 aromatic heterocycles. The van der Waals surface area contributed by atoms with Crippen molar-refractivity contribution < 1.29 is 9.94 Å². The first-order valence-corrected chi connectivity index (χ1v) is 8.05. The molecular weight excluding hydrogens is 302 g/mol.